The number of carboxylic acid groups (broad SMARTS) is 1. The highest BCUT2D eigenvalue weighted by molar-refractivity contribution is 5.95. The lowest BCUT2D eigenvalue weighted by atomic mass is 10.0. The Morgan fingerprint density at radius 2 is 1.53 bits per heavy atom. The fourth-order valence-corrected chi connectivity index (χ4v) is 4.45. The normalized spacial score (nSPS) is 13.9. The predicted octanol–water partition coefficient (Wildman–Crippen LogP) is -1.06. The lowest BCUT2D eigenvalue weighted by Crippen LogP contribution is -2.57. The van der Waals surface area contributed by atoms with Crippen LogP contribution in [0.25, 0.3) is 10.9 Å². The summed E-state index contributed by atoms with van der Waals surface area (Å²) >= 11 is 0. The zero-order chi connectivity index (χ0) is 32.1. The molecule has 0 aliphatic rings. The third kappa shape index (κ3) is 11.6. The van der Waals surface area contributed by atoms with E-state index in [9.17, 15) is 29.1 Å². The quantitative estimate of drug-likeness (QED) is 0.0571. The van der Waals surface area contributed by atoms with Gasteiger partial charge in [0, 0.05) is 36.5 Å². The van der Waals surface area contributed by atoms with E-state index in [4.69, 9.17) is 22.9 Å². The van der Waals surface area contributed by atoms with Crippen LogP contribution in [0.1, 0.15) is 51.5 Å². The zero-order valence-corrected chi connectivity index (χ0v) is 24.5. The Bertz CT molecular complexity index is 1300. The number of rotatable bonds is 18. The van der Waals surface area contributed by atoms with Crippen LogP contribution in [-0.2, 0) is 30.4 Å². The van der Waals surface area contributed by atoms with Crippen LogP contribution in [0.4, 0.5) is 0 Å². The third-order valence-electron chi connectivity index (χ3n) is 6.67. The molecular weight excluding hydrogens is 558 g/mol. The fraction of sp³-hybridized carbons (Fsp3) is 0.500. The molecule has 13 N–H and O–H groups in total. The molecule has 1 aromatic carbocycles. The van der Waals surface area contributed by atoms with Gasteiger partial charge >= 0.3 is 5.97 Å². The van der Waals surface area contributed by atoms with Crippen molar-refractivity contribution >= 4 is 46.5 Å². The van der Waals surface area contributed by atoms with Crippen molar-refractivity contribution in [2.75, 3.05) is 6.54 Å². The molecule has 0 spiro atoms. The summed E-state index contributed by atoms with van der Waals surface area (Å²) < 4.78 is 0. The number of aliphatic imine (C=N–C) groups is 1. The van der Waals surface area contributed by atoms with Gasteiger partial charge in [0.15, 0.2) is 5.96 Å². The Hall–Kier alpha value is -4.66. The van der Waals surface area contributed by atoms with Crippen molar-refractivity contribution in [1.29, 1.82) is 0 Å². The Morgan fingerprint density at radius 1 is 0.907 bits per heavy atom. The van der Waals surface area contributed by atoms with Gasteiger partial charge in [-0.3, -0.25) is 24.2 Å². The van der Waals surface area contributed by atoms with Crippen LogP contribution in [-0.4, -0.2) is 76.4 Å². The summed E-state index contributed by atoms with van der Waals surface area (Å²) in [6, 6.07) is 2.71. The molecule has 1 aromatic heterocycles. The van der Waals surface area contributed by atoms with Crippen LogP contribution >= 0.6 is 0 Å². The smallest absolute Gasteiger partial charge is 0.326 e. The molecule has 0 bridgehead atoms. The van der Waals surface area contributed by atoms with E-state index in [0.717, 1.165) is 10.9 Å². The lowest BCUT2D eigenvalue weighted by molar-refractivity contribution is -0.142. The lowest BCUT2D eigenvalue weighted by Gasteiger charge is -2.25. The number of aromatic nitrogens is 1. The molecule has 0 radical (unpaired) electrons. The summed E-state index contributed by atoms with van der Waals surface area (Å²) in [6.07, 6.45) is 2.12. The predicted molar refractivity (Wildman–Crippen MR) is 161 cm³/mol. The standard InChI is InChI=1S/C28H43N9O6/c1-15(2)12-22(27(42)43)37-26(41)21(13-16-14-34-19-8-4-3-6-17(16)19)36-25(40)20(9-10-23(30)38)35-24(39)18(29)7-5-11-33-28(31)32/h3-4,6,8,14-15,18,20-22,34H,5,7,9-13,29H2,1-2H3,(H2,30,38)(H,35,39)(H,36,40)(H,37,41)(H,42,43)(H4,31,32,33). The second kappa shape index (κ2) is 16.7. The molecule has 43 heavy (non-hydrogen) atoms. The largest absolute Gasteiger partial charge is 0.480 e. The maximum Gasteiger partial charge on any atom is 0.326 e. The van der Waals surface area contributed by atoms with E-state index in [1.807, 2.05) is 38.1 Å². The molecule has 0 saturated heterocycles. The number of carbonyl (C=O) groups is 5. The Labute approximate surface area is 249 Å². The van der Waals surface area contributed by atoms with Crippen molar-refractivity contribution in [3.05, 3.63) is 36.0 Å². The molecule has 0 saturated carbocycles. The van der Waals surface area contributed by atoms with Crippen molar-refractivity contribution in [1.82, 2.24) is 20.9 Å². The van der Waals surface area contributed by atoms with Gasteiger partial charge in [0.25, 0.3) is 0 Å². The number of H-pyrrole nitrogens is 1. The second-order valence-corrected chi connectivity index (χ2v) is 10.8. The summed E-state index contributed by atoms with van der Waals surface area (Å²) in [5.41, 5.74) is 23.4. The number of carboxylic acids is 1. The third-order valence-corrected chi connectivity index (χ3v) is 6.67. The van der Waals surface area contributed by atoms with Gasteiger partial charge in [-0.15, -0.1) is 0 Å². The molecule has 2 aromatic rings. The molecule has 15 heteroatoms. The number of primary amides is 1. The number of nitrogens with one attached hydrogen (secondary N) is 4. The van der Waals surface area contributed by atoms with Crippen LogP contribution in [0, 0.1) is 5.92 Å². The molecule has 4 atom stereocenters. The average molecular weight is 602 g/mol. The number of benzene rings is 1. The molecule has 4 amide bonds. The monoisotopic (exact) mass is 601 g/mol. The van der Waals surface area contributed by atoms with E-state index in [1.54, 1.807) is 6.20 Å². The minimum atomic E-state index is -1.26. The number of fused-ring (bicyclic) bond motifs is 1. The van der Waals surface area contributed by atoms with Gasteiger partial charge in [-0.05, 0) is 43.2 Å². The highest BCUT2D eigenvalue weighted by atomic mass is 16.4. The van der Waals surface area contributed by atoms with Gasteiger partial charge in [-0.25, -0.2) is 4.79 Å². The number of nitrogens with two attached hydrogens (primary N) is 4. The number of hydrogen-bond acceptors (Lipinski definition) is 7. The van der Waals surface area contributed by atoms with Gasteiger partial charge in [-0.1, -0.05) is 32.0 Å². The molecule has 0 aliphatic carbocycles. The molecule has 0 aliphatic heterocycles. The van der Waals surface area contributed by atoms with Crippen LogP contribution in [0.3, 0.4) is 0 Å². The van der Waals surface area contributed by atoms with Crippen LogP contribution in [0.15, 0.2) is 35.5 Å². The summed E-state index contributed by atoms with van der Waals surface area (Å²) in [7, 11) is 0. The number of guanidine groups is 1. The van der Waals surface area contributed by atoms with E-state index in [-0.39, 0.29) is 50.5 Å². The SMILES string of the molecule is CC(C)CC(NC(=O)C(Cc1c[nH]c2ccccc12)NC(=O)C(CCC(N)=O)NC(=O)C(N)CCCN=C(N)N)C(=O)O. The van der Waals surface area contributed by atoms with Gasteiger partial charge < -0.3 is 49.0 Å². The van der Waals surface area contributed by atoms with Crippen LogP contribution in [0.2, 0.25) is 0 Å². The van der Waals surface area contributed by atoms with E-state index < -0.39 is 53.8 Å². The maximum atomic E-state index is 13.5. The second-order valence-electron chi connectivity index (χ2n) is 10.8. The summed E-state index contributed by atoms with van der Waals surface area (Å²) in [5.74, 6) is -4.17. The Balaban J connectivity index is 2.28. The Morgan fingerprint density at radius 3 is 2.16 bits per heavy atom. The molecular formula is C28H43N9O6. The topological polar surface area (TPSA) is 274 Å². The van der Waals surface area contributed by atoms with Crippen LogP contribution in [0.5, 0.6) is 0 Å². The molecule has 4 unspecified atom stereocenters. The maximum absolute atomic E-state index is 13.5. The fourth-order valence-electron chi connectivity index (χ4n) is 4.45. The average Bonchev–Trinajstić information content (AvgIpc) is 3.34. The van der Waals surface area contributed by atoms with Crippen LogP contribution < -0.4 is 38.9 Å². The van der Waals surface area contributed by atoms with E-state index >= 15 is 0 Å². The van der Waals surface area contributed by atoms with Crippen molar-refractivity contribution in [3.8, 4) is 0 Å². The number of carbonyl (C=O) groups excluding carboxylic acids is 4. The number of amides is 4. The number of para-hydroxylation sites is 1. The summed E-state index contributed by atoms with van der Waals surface area (Å²) in [5, 5.41) is 18.2. The van der Waals surface area contributed by atoms with Gasteiger partial charge in [-0.2, -0.15) is 0 Å². The van der Waals surface area contributed by atoms with E-state index in [2.05, 4.69) is 25.9 Å². The van der Waals surface area contributed by atoms with Crippen molar-refractivity contribution in [2.45, 2.75) is 76.5 Å². The zero-order valence-electron chi connectivity index (χ0n) is 24.5. The first kappa shape index (κ1) is 34.5. The number of aliphatic carboxylic acids is 1. The first-order chi connectivity index (χ1) is 20.3. The van der Waals surface area contributed by atoms with Crippen molar-refractivity contribution < 1.29 is 29.1 Å². The Kier molecular flexibility index (Phi) is 13.4. The minimum absolute atomic E-state index is 0.0103. The number of aromatic amines is 1. The summed E-state index contributed by atoms with van der Waals surface area (Å²) in [6.45, 7) is 3.91. The summed E-state index contributed by atoms with van der Waals surface area (Å²) in [4.78, 5) is 70.0. The molecule has 15 nitrogen and oxygen atoms in total. The van der Waals surface area contributed by atoms with Gasteiger partial charge in [0.1, 0.15) is 18.1 Å². The first-order valence-corrected chi connectivity index (χ1v) is 14.1. The number of nitrogens with zero attached hydrogens (tertiary/aromatic N) is 1. The van der Waals surface area contributed by atoms with E-state index in [1.165, 1.54) is 0 Å². The van der Waals surface area contributed by atoms with Crippen molar-refractivity contribution in [3.63, 3.8) is 0 Å². The van der Waals surface area contributed by atoms with E-state index in [0.29, 0.717) is 12.0 Å². The molecule has 236 valence electrons. The highest BCUT2D eigenvalue weighted by Gasteiger charge is 2.31. The highest BCUT2D eigenvalue weighted by Crippen LogP contribution is 2.19. The van der Waals surface area contributed by atoms with Gasteiger partial charge in [0.05, 0.1) is 6.04 Å². The molecule has 0 fully saturated rings. The molecule has 1 heterocycles. The van der Waals surface area contributed by atoms with Crippen molar-refractivity contribution in [2.24, 2.45) is 33.8 Å². The first-order valence-electron chi connectivity index (χ1n) is 14.1. The number of hydrogen-bond donors (Lipinski definition) is 9. The molecule has 2 rings (SSSR count). The minimum Gasteiger partial charge on any atom is -0.480 e. The van der Waals surface area contributed by atoms with Gasteiger partial charge in [0.2, 0.25) is 23.6 Å².